The van der Waals surface area contributed by atoms with Gasteiger partial charge in [0.1, 0.15) is 0 Å². The smallest absolute Gasteiger partial charge is 0.355 e. The summed E-state index contributed by atoms with van der Waals surface area (Å²) < 4.78 is 28.8. The summed E-state index contributed by atoms with van der Waals surface area (Å²) in [6.07, 6.45) is 1.90. The molecule has 0 aromatic carbocycles. The van der Waals surface area contributed by atoms with E-state index in [-0.39, 0.29) is 11.0 Å². The Kier molecular flexibility index (Phi) is 15.1. The summed E-state index contributed by atoms with van der Waals surface area (Å²) in [5.41, 5.74) is 11.3. The monoisotopic (exact) mass is 356 g/mol. The minimum atomic E-state index is -3.25. The zero-order chi connectivity index (χ0) is 16.2. The molecule has 0 aliphatic heterocycles. The Bertz CT molecular complexity index is 251. The van der Waals surface area contributed by atoms with E-state index >= 15 is 0 Å². The molecule has 1 atom stereocenters. The molecule has 136 valence electrons. The standard InChI is InChI=1S/C13H32N2O5Si.H4Si/c1-5-17-13(10-12-15,9-8-11-14)20-21(16-4,18-6-2)19-7-3;/h5-12,14-15H2,1-4H3;1H4. The number of ether oxygens (including phenoxy) is 1. The van der Waals surface area contributed by atoms with E-state index in [0.717, 1.165) is 6.42 Å². The maximum absolute atomic E-state index is 6.15. The van der Waals surface area contributed by atoms with Crippen LogP contribution in [0.3, 0.4) is 0 Å². The molecule has 0 aliphatic carbocycles. The van der Waals surface area contributed by atoms with Crippen molar-refractivity contribution < 1.29 is 22.4 Å². The van der Waals surface area contributed by atoms with Gasteiger partial charge in [-0.3, -0.25) is 0 Å². The molecule has 0 aliphatic rings. The second-order valence-electron chi connectivity index (χ2n) is 4.45. The van der Waals surface area contributed by atoms with Crippen LogP contribution < -0.4 is 11.5 Å². The van der Waals surface area contributed by atoms with E-state index in [2.05, 4.69) is 0 Å². The minimum Gasteiger partial charge on any atom is -0.355 e. The zero-order valence-corrected chi connectivity index (χ0v) is 14.9. The third kappa shape index (κ3) is 8.13. The Balaban J connectivity index is 0. The molecule has 0 aromatic rings. The fraction of sp³-hybridized carbons (Fsp3) is 1.00. The highest BCUT2D eigenvalue weighted by molar-refractivity contribution is 6.53. The van der Waals surface area contributed by atoms with Crippen LogP contribution in [0.5, 0.6) is 0 Å². The summed E-state index contributed by atoms with van der Waals surface area (Å²) in [5, 5.41) is 0. The van der Waals surface area contributed by atoms with Gasteiger partial charge in [-0.05, 0) is 51.2 Å². The van der Waals surface area contributed by atoms with Crippen LogP contribution >= 0.6 is 0 Å². The van der Waals surface area contributed by atoms with Gasteiger partial charge in [0.25, 0.3) is 0 Å². The number of hydrogen-bond donors (Lipinski definition) is 2. The molecule has 0 amide bonds. The molecule has 7 nitrogen and oxygen atoms in total. The molecular formula is C13H36N2O5Si2. The van der Waals surface area contributed by atoms with Gasteiger partial charge < -0.3 is 33.9 Å². The van der Waals surface area contributed by atoms with Gasteiger partial charge in [-0.1, -0.05) is 0 Å². The summed E-state index contributed by atoms with van der Waals surface area (Å²) in [7, 11) is -1.72. The molecule has 22 heavy (non-hydrogen) atoms. The zero-order valence-electron chi connectivity index (χ0n) is 13.9. The molecule has 0 fully saturated rings. The van der Waals surface area contributed by atoms with E-state index in [1.807, 2.05) is 20.8 Å². The van der Waals surface area contributed by atoms with Crippen LogP contribution in [0, 0.1) is 0 Å². The molecule has 0 aromatic heterocycles. The van der Waals surface area contributed by atoms with Crippen LogP contribution in [-0.4, -0.2) is 65.8 Å². The third-order valence-corrected chi connectivity index (χ3v) is 5.30. The van der Waals surface area contributed by atoms with Gasteiger partial charge in [-0.15, -0.1) is 0 Å². The molecular weight excluding hydrogens is 320 g/mol. The third-order valence-electron chi connectivity index (χ3n) is 2.90. The lowest BCUT2D eigenvalue weighted by Crippen LogP contribution is -2.56. The van der Waals surface area contributed by atoms with Crippen molar-refractivity contribution in [2.75, 3.05) is 40.0 Å². The lowest BCUT2D eigenvalue weighted by molar-refractivity contribution is -0.231. The summed E-state index contributed by atoms with van der Waals surface area (Å²) in [4.78, 5) is 0. The van der Waals surface area contributed by atoms with Crippen molar-refractivity contribution in [1.29, 1.82) is 0 Å². The summed E-state index contributed by atoms with van der Waals surface area (Å²) >= 11 is 0. The average molecular weight is 357 g/mol. The first kappa shape index (κ1) is 24.4. The predicted molar refractivity (Wildman–Crippen MR) is 94.8 cm³/mol. The minimum absolute atomic E-state index is 0. The first-order valence-electron chi connectivity index (χ1n) is 7.64. The van der Waals surface area contributed by atoms with Crippen LogP contribution in [0.15, 0.2) is 0 Å². The number of hydrogen-bond acceptors (Lipinski definition) is 7. The normalized spacial score (nSPS) is 14.5. The van der Waals surface area contributed by atoms with E-state index in [1.54, 1.807) is 0 Å². The highest BCUT2D eigenvalue weighted by Gasteiger charge is 2.51. The molecule has 9 heteroatoms. The fourth-order valence-electron chi connectivity index (χ4n) is 2.10. The number of rotatable bonds is 14. The van der Waals surface area contributed by atoms with Gasteiger partial charge in [-0.25, -0.2) is 0 Å². The molecule has 0 rings (SSSR count). The van der Waals surface area contributed by atoms with E-state index in [4.69, 9.17) is 33.9 Å². The largest absolute Gasteiger partial charge is 0.681 e. The molecule has 1 unspecified atom stereocenters. The van der Waals surface area contributed by atoms with Gasteiger partial charge in [0.05, 0.1) is 0 Å². The molecule has 0 spiro atoms. The van der Waals surface area contributed by atoms with Crippen LogP contribution in [0.4, 0.5) is 0 Å². The van der Waals surface area contributed by atoms with Crippen molar-refractivity contribution in [3.63, 3.8) is 0 Å². The van der Waals surface area contributed by atoms with E-state index in [0.29, 0.717) is 45.8 Å². The summed E-state index contributed by atoms with van der Waals surface area (Å²) in [5.74, 6) is -0.880. The van der Waals surface area contributed by atoms with Crippen LogP contribution in [0.2, 0.25) is 0 Å². The van der Waals surface area contributed by atoms with Crippen molar-refractivity contribution in [1.82, 2.24) is 0 Å². The quantitative estimate of drug-likeness (QED) is 0.321. The molecule has 0 saturated carbocycles. The average Bonchev–Trinajstić information content (AvgIpc) is 2.46. The maximum Gasteiger partial charge on any atom is 0.681 e. The fourth-order valence-corrected chi connectivity index (χ4v) is 4.04. The van der Waals surface area contributed by atoms with Gasteiger partial charge in [0.15, 0.2) is 5.79 Å². The molecule has 0 radical (unpaired) electrons. The van der Waals surface area contributed by atoms with Gasteiger partial charge in [0, 0.05) is 39.8 Å². The second-order valence-corrected chi connectivity index (χ2v) is 6.64. The van der Waals surface area contributed by atoms with Gasteiger partial charge >= 0.3 is 9.05 Å². The predicted octanol–water partition coefficient (Wildman–Crippen LogP) is -0.473. The van der Waals surface area contributed by atoms with Crippen molar-refractivity contribution in [3.8, 4) is 0 Å². The van der Waals surface area contributed by atoms with Crippen molar-refractivity contribution in [2.24, 2.45) is 11.5 Å². The van der Waals surface area contributed by atoms with E-state index < -0.39 is 14.8 Å². The van der Waals surface area contributed by atoms with E-state index in [1.165, 1.54) is 7.11 Å². The van der Waals surface area contributed by atoms with E-state index in [9.17, 15) is 0 Å². The Morgan fingerprint density at radius 3 is 1.86 bits per heavy atom. The summed E-state index contributed by atoms with van der Waals surface area (Å²) in [6.45, 7) is 7.99. The molecule has 4 N–H and O–H groups in total. The Morgan fingerprint density at radius 2 is 1.50 bits per heavy atom. The SMILES string of the molecule is CCOC(CCN)(CCCN)O[Si](OC)(OCC)OCC.[SiH4]. The summed E-state index contributed by atoms with van der Waals surface area (Å²) in [6, 6.07) is 0. The van der Waals surface area contributed by atoms with Gasteiger partial charge in [0.2, 0.25) is 0 Å². The highest BCUT2D eigenvalue weighted by Crippen LogP contribution is 2.29. The van der Waals surface area contributed by atoms with Crippen molar-refractivity contribution >= 4 is 20.0 Å². The Morgan fingerprint density at radius 1 is 0.909 bits per heavy atom. The number of nitrogens with two attached hydrogens (primary N) is 2. The van der Waals surface area contributed by atoms with Crippen LogP contribution in [-0.2, 0) is 22.4 Å². The first-order chi connectivity index (χ1) is 10.1. The Hall–Kier alpha value is 0.154. The molecule has 0 saturated heterocycles. The lowest BCUT2D eigenvalue weighted by Gasteiger charge is -2.39. The first-order valence-corrected chi connectivity index (χ1v) is 9.28. The highest BCUT2D eigenvalue weighted by atomic mass is 28.4. The maximum atomic E-state index is 6.15. The van der Waals surface area contributed by atoms with Crippen molar-refractivity contribution in [2.45, 2.75) is 45.8 Å². The van der Waals surface area contributed by atoms with Gasteiger partial charge in [-0.2, -0.15) is 0 Å². The molecule has 0 heterocycles. The topological polar surface area (TPSA) is 98.2 Å². The Labute approximate surface area is 140 Å². The second kappa shape index (κ2) is 13.6. The lowest BCUT2D eigenvalue weighted by atomic mass is 10.1. The van der Waals surface area contributed by atoms with Crippen molar-refractivity contribution in [3.05, 3.63) is 0 Å². The van der Waals surface area contributed by atoms with Crippen LogP contribution in [0.1, 0.15) is 40.0 Å². The van der Waals surface area contributed by atoms with Crippen LogP contribution in [0.25, 0.3) is 0 Å². The molecule has 0 bridgehead atoms.